The van der Waals surface area contributed by atoms with Crippen molar-refractivity contribution in [3.8, 4) is 33.9 Å². The average Bonchev–Trinajstić information content (AvgIpc) is 3.29. The molecule has 0 radical (unpaired) electrons. The molecule has 0 saturated carbocycles. The third-order valence-electron chi connectivity index (χ3n) is 5.55. The third kappa shape index (κ3) is 6.09. The monoisotopic (exact) mass is 538 g/mol. The van der Waals surface area contributed by atoms with Crippen LogP contribution in [0.1, 0.15) is 6.92 Å². The Bertz CT molecular complexity index is 1540. The van der Waals surface area contributed by atoms with Gasteiger partial charge in [-0.1, -0.05) is 6.58 Å². The lowest BCUT2D eigenvalue weighted by Crippen LogP contribution is -2.07. The van der Waals surface area contributed by atoms with Crippen LogP contribution >= 0.6 is 7.82 Å². The van der Waals surface area contributed by atoms with Gasteiger partial charge < -0.3 is 24.3 Å². The number of hydrogen-bond acceptors (Lipinski definition) is 8. The number of rotatable bonds is 11. The minimum Gasteiger partial charge on any atom is -0.497 e. The number of amides is 1. The first-order chi connectivity index (χ1) is 18.3. The molecule has 1 amide bonds. The number of pyridine rings is 2. The van der Waals surface area contributed by atoms with Crippen molar-refractivity contribution in [2.24, 2.45) is 0 Å². The maximum atomic E-state index is 12.1. The molecule has 2 N–H and O–H groups in total. The van der Waals surface area contributed by atoms with Gasteiger partial charge in [-0.3, -0.25) is 13.8 Å². The molecule has 3 heterocycles. The fourth-order valence-corrected chi connectivity index (χ4v) is 4.50. The molecule has 0 aliphatic heterocycles. The molecule has 4 aromatic rings. The summed E-state index contributed by atoms with van der Waals surface area (Å²) in [6, 6.07) is 10.8. The summed E-state index contributed by atoms with van der Waals surface area (Å²) in [4.78, 5) is 30.6. The van der Waals surface area contributed by atoms with Crippen molar-refractivity contribution in [2.75, 3.05) is 26.1 Å². The zero-order valence-electron chi connectivity index (χ0n) is 21.1. The number of phosphoric acid groups is 1. The van der Waals surface area contributed by atoms with Gasteiger partial charge in [0.1, 0.15) is 18.1 Å². The molecule has 1 aromatic carbocycles. The Kier molecular flexibility index (Phi) is 8.23. The zero-order chi connectivity index (χ0) is 27.3. The van der Waals surface area contributed by atoms with Gasteiger partial charge in [0.05, 0.1) is 20.8 Å². The summed E-state index contributed by atoms with van der Waals surface area (Å²) in [7, 11) is -1.16. The van der Waals surface area contributed by atoms with Crippen molar-refractivity contribution >= 4 is 30.5 Å². The van der Waals surface area contributed by atoms with Crippen LogP contribution in [0.5, 0.6) is 11.6 Å². The quantitative estimate of drug-likeness (QED) is 0.199. The highest BCUT2D eigenvalue weighted by atomic mass is 31.2. The number of carbonyl (C=O) groups excluding carboxylic acids is 1. The molecule has 4 rings (SSSR count). The van der Waals surface area contributed by atoms with Gasteiger partial charge in [-0.25, -0.2) is 14.5 Å². The Morgan fingerprint density at radius 3 is 2.63 bits per heavy atom. The van der Waals surface area contributed by atoms with E-state index in [1.807, 2.05) is 18.2 Å². The summed E-state index contributed by atoms with van der Waals surface area (Å²) in [6.07, 6.45) is 6.23. The van der Waals surface area contributed by atoms with Crippen molar-refractivity contribution in [2.45, 2.75) is 13.7 Å². The highest BCUT2D eigenvalue weighted by Gasteiger charge is 2.22. The predicted octanol–water partition coefficient (Wildman–Crippen LogP) is 5.02. The van der Waals surface area contributed by atoms with E-state index in [9.17, 15) is 14.3 Å². The van der Waals surface area contributed by atoms with Crippen molar-refractivity contribution in [1.29, 1.82) is 0 Å². The molecular weight excluding hydrogens is 511 g/mol. The summed E-state index contributed by atoms with van der Waals surface area (Å²) >= 11 is 0. The molecule has 0 aliphatic rings. The number of aromatic nitrogens is 3. The molecule has 198 valence electrons. The highest BCUT2D eigenvalue weighted by Crippen LogP contribution is 2.44. The first-order valence-electron chi connectivity index (χ1n) is 11.5. The van der Waals surface area contributed by atoms with Gasteiger partial charge in [0.25, 0.3) is 0 Å². The maximum absolute atomic E-state index is 12.1. The van der Waals surface area contributed by atoms with Gasteiger partial charge in [0.2, 0.25) is 11.8 Å². The van der Waals surface area contributed by atoms with Crippen LogP contribution < -0.4 is 14.8 Å². The molecule has 3 aromatic heterocycles. The second-order valence-electron chi connectivity index (χ2n) is 7.98. The van der Waals surface area contributed by atoms with E-state index >= 15 is 0 Å². The van der Waals surface area contributed by atoms with Crippen LogP contribution in [0.2, 0.25) is 0 Å². The second-order valence-corrected chi connectivity index (χ2v) is 9.44. The Balaban J connectivity index is 1.84. The Morgan fingerprint density at radius 1 is 1.11 bits per heavy atom. The average molecular weight is 538 g/mol. The number of nitrogens with one attached hydrogen (secondary N) is 1. The summed E-state index contributed by atoms with van der Waals surface area (Å²) in [5.74, 6) is 0.619. The van der Waals surface area contributed by atoms with E-state index < -0.39 is 7.82 Å². The smallest absolute Gasteiger partial charge is 0.473 e. The Hall–Kier alpha value is -4.02. The number of anilines is 1. The van der Waals surface area contributed by atoms with E-state index in [0.29, 0.717) is 23.0 Å². The molecule has 12 heteroatoms. The molecule has 11 nitrogen and oxygen atoms in total. The van der Waals surface area contributed by atoms with Crippen LogP contribution in [0.4, 0.5) is 5.69 Å². The van der Waals surface area contributed by atoms with Crippen LogP contribution in [0.25, 0.3) is 33.3 Å². The van der Waals surface area contributed by atoms with Gasteiger partial charge in [-0.15, -0.1) is 0 Å². The van der Waals surface area contributed by atoms with Crippen molar-refractivity contribution < 1.29 is 32.8 Å². The zero-order valence-corrected chi connectivity index (χ0v) is 22.0. The van der Waals surface area contributed by atoms with Crippen LogP contribution in [-0.2, 0) is 25.1 Å². The molecule has 0 spiro atoms. The van der Waals surface area contributed by atoms with Crippen molar-refractivity contribution in [3.05, 3.63) is 67.6 Å². The first kappa shape index (κ1) is 27.0. The topological polar surface area (TPSA) is 134 Å². The van der Waals surface area contributed by atoms with Crippen LogP contribution in [0.15, 0.2) is 67.6 Å². The molecule has 1 atom stereocenters. The number of fused-ring (bicyclic) bond motifs is 1. The molecular formula is C26H27N4O7P. The number of ether oxygens (including phenoxy) is 2. The van der Waals surface area contributed by atoms with Gasteiger partial charge in [0, 0.05) is 52.9 Å². The van der Waals surface area contributed by atoms with Gasteiger partial charge in [-0.05, 0) is 48.4 Å². The lowest BCUT2D eigenvalue weighted by Gasteiger charge is -2.12. The molecule has 0 aliphatic carbocycles. The summed E-state index contributed by atoms with van der Waals surface area (Å²) in [5.41, 5.74) is 4.10. The van der Waals surface area contributed by atoms with E-state index in [-0.39, 0.29) is 19.2 Å². The van der Waals surface area contributed by atoms with E-state index in [0.717, 1.165) is 27.6 Å². The van der Waals surface area contributed by atoms with E-state index in [1.165, 1.54) is 20.3 Å². The fraction of sp³-hybridized carbons (Fsp3) is 0.192. The summed E-state index contributed by atoms with van der Waals surface area (Å²) < 4.78 is 34.4. The normalized spacial score (nSPS) is 12.6. The lowest BCUT2D eigenvalue weighted by atomic mass is 10.0. The number of nitrogens with zero attached hydrogens (tertiary/aromatic N) is 3. The summed E-state index contributed by atoms with van der Waals surface area (Å²) in [6.45, 7) is 4.85. The second kappa shape index (κ2) is 11.6. The number of phosphoric ester groups is 1. The lowest BCUT2D eigenvalue weighted by molar-refractivity contribution is -0.111. The molecule has 0 bridgehead atoms. The fourth-order valence-electron chi connectivity index (χ4n) is 3.83. The molecule has 0 saturated heterocycles. The van der Waals surface area contributed by atoms with Crippen molar-refractivity contribution in [1.82, 2.24) is 14.5 Å². The van der Waals surface area contributed by atoms with Crippen LogP contribution in [0.3, 0.4) is 0 Å². The van der Waals surface area contributed by atoms with Gasteiger partial charge in [0.15, 0.2) is 0 Å². The minimum atomic E-state index is -4.23. The highest BCUT2D eigenvalue weighted by molar-refractivity contribution is 7.47. The summed E-state index contributed by atoms with van der Waals surface area (Å²) in [5, 5.41) is 3.49. The number of methoxy groups -OCH3 is 2. The molecule has 38 heavy (non-hydrogen) atoms. The number of carbonyl (C=O) groups is 1. The third-order valence-corrected chi connectivity index (χ3v) is 6.58. The standard InChI is InChI=1S/C26H27N4O7P/c1-5-24(31)29-20-9-18(10-21(13-20)34-3)19-11-22-23(17-7-8-27-25(12-17)35-4)15-30(26(22)28-14-19)16-37-38(32,33)36-6-2/h5,7-15H,1,6,16H2,2-4H3,(H,29,31)(H,32,33). The van der Waals surface area contributed by atoms with Gasteiger partial charge >= 0.3 is 7.82 Å². The van der Waals surface area contributed by atoms with Crippen LogP contribution in [-0.4, -0.2) is 46.2 Å². The van der Waals surface area contributed by atoms with E-state index in [4.69, 9.17) is 18.5 Å². The van der Waals surface area contributed by atoms with E-state index in [2.05, 4.69) is 21.9 Å². The number of hydrogen-bond donors (Lipinski definition) is 2. The van der Waals surface area contributed by atoms with Gasteiger partial charge in [-0.2, -0.15) is 0 Å². The van der Waals surface area contributed by atoms with Crippen LogP contribution in [0, 0.1) is 0 Å². The predicted molar refractivity (Wildman–Crippen MR) is 143 cm³/mol. The molecule has 0 fully saturated rings. The van der Waals surface area contributed by atoms with E-state index in [1.54, 1.807) is 48.3 Å². The largest absolute Gasteiger partial charge is 0.497 e. The van der Waals surface area contributed by atoms with Crippen molar-refractivity contribution in [3.63, 3.8) is 0 Å². The number of benzene rings is 1. The Morgan fingerprint density at radius 2 is 1.92 bits per heavy atom. The minimum absolute atomic E-state index is 0.0274. The molecule has 1 unspecified atom stereocenters. The Labute approximate surface area is 219 Å². The maximum Gasteiger partial charge on any atom is 0.473 e. The first-order valence-corrected chi connectivity index (χ1v) is 13.0. The SMILES string of the molecule is C=CC(=O)Nc1cc(OC)cc(-c2cnc3c(c2)c(-c2ccnc(OC)c2)cn3COP(=O)(O)OCC)c1.